The average Bonchev–Trinajstić information content (AvgIpc) is 3.42. The van der Waals surface area contributed by atoms with Gasteiger partial charge in [0.1, 0.15) is 5.82 Å². The van der Waals surface area contributed by atoms with Crippen LogP contribution in [0.5, 0.6) is 0 Å². The van der Waals surface area contributed by atoms with Crippen molar-refractivity contribution in [1.82, 2.24) is 20.2 Å². The molecule has 29 heavy (non-hydrogen) atoms. The maximum Gasteiger partial charge on any atom is 0.230 e. The molecule has 1 atom stereocenters. The first kappa shape index (κ1) is 19.6. The van der Waals surface area contributed by atoms with E-state index in [0.29, 0.717) is 39.3 Å². The van der Waals surface area contributed by atoms with E-state index in [9.17, 15) is 9.59 Å². The van der Waals surface area contributed by atoms with E-state index in [-0.39, 0.29) is 17.7 Å². The number of ether oxygens (including phenoxy) is 1. The Morgan fingerprint density at radius 2 is 2.10 bits per heavy atom. The Hall–Kier alpha value is -2.67. The van der Waals surface area contributed by atoms with Crippen LogP contribution in [0.1, 0.15) is 24.2 Å². The van der Waals surface area contributed by atoms with Crippen molar-refractivity contribution in [3.63, 3.8) is 0 Å². The lowest BCUT2D eigenvalue weighted by Gasteiger charge is -2.49. The number of likely N-dealkylation sites (tertiary alicyclic amines) is 1. The third kappa shape index (κ3) is 4.50. The zero-order valence-electron chi connectivity index (χ0n) is 16.6. The molecule has 2 aliphatic heterocycles. The van der Waals surface area contributed by atoms with Crippen LogP contribution in [0.4, 0.5) is 0 Å². The zero-order chi connectivity index (χ0) is 20.1. The minimum absolute atomic E-state index is 0.0347. The summed E-state index contributed by atoms with van der Waals surface area (Å²) in [5, 5.41) is 3.09. The van der Waals surface area contributed by atoms with Crippen molar-refractivity contribution in [1.29, 1.82) is 0 Å². The molecule has 0 aliphatic carbocycles. The van der Waals surface area contributed by atoms with Gasteiger partial charge in [-0.25, -0.2) is 4.98 Å². The third-order valence-corrected chi connectivity index (χ3v) is 5.88. The first-order valence-corrected chi connectivity index (χ1v) is 10.3. The molecule has 0 radical (unpaired) electrons. The summed E-state index contributed by atoms with van der Waals surface area (Å²) in [7, 11) is 0. The standard InChI is InChI=1S/C22H28N4O3/c27-20(18-8-12-29-14-18)26-15-22(16-26,13-17-5-2-1-3-6-17)21(28)25-9-4-7-19-23-10-11-24-19/h1-3,5-6,10-11,18H,4,7-9,12-16H2,(H,23,24)(H,25,28). The molecule has 1 aromatic heterocycles. The topological polar surface area (TPSA) is 87.3 Å². The highest BCUT2D eigenvalue weighted by atomic mass is 16.5. The van der Waals surface area contributed by atoms with E-state index in [0.717, 1.165) is 30.7 Å². The lowest BCUT2D eigenvalue weighted by molar-refractivity contribution is -0.156. The summed E-state index contributed by atoms with van der Waals surface area (Å²) >= 11 is 0. The summed E-state index contributed by atoms with van der Waals surface area (Å²) in [6, 6.07) is 10.0. The van der Waals surface area contributed by atoms with Crippen LogP contribution >= 0.6 is 0 Å². The Morgan fingerprint density at radius 3 is 2.79 bits per heavy atom. The fraction of sp³-hybridized carbons (Fsp3) is 0.500. The number of imidazole rings is 1. The van der Waals surface area contributed by atoms with Crippen molar-refractivity contribution in [3.05, 3.63) is 54.1 Å². The van der Waals surface area contributed by atoms with Gasteiger partial charge in [0.05, 0.1) is 17.9 Å². The summed E-state index contributed by atoms with van der Waals surface area (Å²) in [6.07, 6.45) is 6.58. The van der Waals surface area contributed by atoms with Crippen molar-refractivity contribution in [3.8, 4) is 0 Å². The molecular weight excluding hydrogens is 368 g/mol. The number of amides is 2. The van der Waals surface area contributed by atoms with Gasteiger partial charge >= 0.3 is 0 Å². The summed E-state index contributed by atoms with van der Waals surface area (Å²) in [5.41, 5.74) is 0.566. The lowest BCUT2D eigenvalue weighted by Crippen LogP contribution is -2.66. The predicted molar refractivity (Wildman–Crippen MR) is 108 cm³/mol. The smallest absolute Gasteiger partial charge is 0.230 e. The Kier molecular flexibility index (Phi) is 5.94. The highest BCUT2D eigenvalue weighted by Gasteiger charge is 2.51. The van der Waals surface area contributed by atoms with Gasteiger partial charge in [-0.1, -0.05) is 30.3 Å². The van der Waals surface area contributed by atoms with Crippen LogP contribution in [0.25, 0.3) is 0 Å². The molecule has 2 fully saturated rings. The fourth-order valence-electron chi connectivity index (χ4n) is 4.23. The molecule has 4 rings (SSSR count). The number of nitrogens with zero attached hydrogens (tertiary/aromatic N) is 2. The maximum absolute atomic E-state index is 13.1. The quantitative estimate of drug-likeness (QED) is 0.663. The van der Waals surface area contributed by atoms with Gasteiger partial charge in [0.2, 0.25) is 11.8 Å². The first-order valence-electron chi connectivity index (χ1n) is 10.3. The molecule has 7 nitrogen and oxygen atoms in total. The molecule has 0 spiro atoms. The molecule has 2 amide bonds. The van der Waals surface area contributed by atoms with E-state index in [1.807, 2.05) is 35.2 Å². The number of H-pyrrole nitrogens is 1. The summed E-state index contributed by atoms with van der Waals surface area (Å²) in [5.74, 6) is 1.03. The third-order valence-electron chi connectivity index (χ3n) is 5.88. The minimum Gasteiger partial charge on any atom is -0.381 e. The van der Waals surface area contributed by atoms with E-state index in [2.05, 4.69) is 15.3 Å². The largest absolute Gasteiger partial charge is 0.381 e. The molecule has 154 valence electrons. The number of aromatic nitrogens is 2. The van der Waals surface area contributed by atoms with Gasteiger partial charge in [-0.3, -0.25) is 9.59 Å². The van der Waals surface area contributed by atoms with Crippen LogP contribution in [0.3, 0.4) is 0 Å². The molecule has 7 heteroatoms. The van der Waals surface area contributed by atoms with Crippen molar-refractivity contribution < 1.29 is 14.3 Å². The number of hydrogen-bond donors (Lipinski definition) is 2. The lowest BCUT2D eigenvalue weighted by atomic mass is 9.73. The number of aryl methyl sites for hydroxylation is 1. The Morgan fingerprint density at radius 1 is 1.28 bits per heavy atom. The van der Waals surface area contributed by atoms with Gasteiger partial charge in [-0.2, -0.15) is 0 Å². The fourth-order valence-corrected chi connectivity index (χ4v) is 4.23. The molecule has 2 saturated heterocycles. The molecule has 0 saturated carbocycles. The number of benzene rings is 1. The second-order valence-electron chi connectivity index (χ2n) is 8.09. The average molecular weight is 396 g/mol. The summed E-state index contributed by atoms with van der Waals surface area (Å²) in [6.45, 7) is 2.69. The maximum atomic E-state index is 13.1. The predicted octanol–water partition coefficient (Wildman–Crippen LogP) is 1.57. The molecular formula is C22H28N4O3. The number of carbonyl (C=O) groups is 2. The highest BCUT2D eigenvalue weighted by molar-refractivity contribution is 5.88. The zero-order valence-corrected chi connectivity index (χ0v) is 16.6. The number of rotatable bonds is 8. The SMILES string of the molecule is O=C(C1CCOC1)N1CC(Cc2ccccc2)(C(=O)NCCCc2ncc[nH]2)C1. The van der Waals surface area contributed by atoms with Gasteiger partial charge in [0.25, 0.3) is 0 Å². The van der Waals surface area contributed by atoms with Crippen molar-refractivity contribution >= 4 is 11.8 Å². The molecule has 2 N–H and O–H groups in total. The van der Waals surface area contributed by atoms with Gasteiger partial charge in [0.15, 0.2) is 0 Å². The minimum atomic E-state index is -0.554. The van der Waals surface area contributed by atoms with E-state index >= 15 is 0 Å². The molecule has 2 aromatic rings. The van der Waals surface area contributed by atoms with Gasteiger partial charge in [-0.05, 0) is 24.8 Å². The van der Waals surface area contributed by atoms with Crippen molar-refractivity contribution in [2.75, 3.05) is 32.8 Å². The van der Waals surface area contributed by atoms with E-state index in [4.69, 9.17) is 4.74 Å². The number of carbonyl (C=O) groups excluding carboxylic acids is 2. The van der Waals surface area contributed by atoms with E-state index in [1.165, 1.54) is 0 Å². The normalized spacial score (nSPS) is 20.3. The Bertz CT molecular complexity index is 810. The molecule has 0 bridgehead atoms. The van der Waals surface area contributed by atoms with Crippen molar-refractivity contribution in [2.24, 2.45) is 11.3 Å². The van der Waals surface area contributed by atoms with Crippen LogP contribution < -0.4 is 5.32 Å². The Labute approximate surface area is 170 Å². The van der Waals surface area contributed by atoms with Crippen LogP contribution in [-0.2, 0) is 27.2 Å². The molecule has 3 heterocycles. The van der Waals surface area contributed by atoms with E-state index < -0.39 is 5.41 Å². The van der Waals surface area contributed by atoms with Crippen LogP contribution in [-0.4, -0.2) is 59.5 Å². The number of nitrogens with one attached hydrogen (secondary N) is 2. The monoisotopic (exact) mass is 396 g/mol. The van der Waals surface area contributed by atoms with Crippen LogP contribution in [0.2, 0.25) is 0 Å². The van der Waals surface area contributed by atoms with Gasteiger partial charge in [0, 0.05) is 45.1 Å². The van der Waals surface area contributed by atoms with Crippen LogP contribution in [0.15, 0.2) is 42.7 Å². The van der Waals surface area contributed by atoms with Gasteiger partial charge in [-0.15, -0.1) is 0 Å². The molecule has 1 unspecified atom stereocenters. The summed E-state index contributed by atoms with van der Waals surface area (Å²) < 4.78 is 5.35. The summed E-state index contributed by atoms with van der Waals surface area (Å²) in [4.78, 5) is 34.9. The van der Waals surface area contributed by atoms with Crippen molar-refractivity contribution in [2.45, 2.75) is 25.7 Å². The number of hydrogen-bond acceptors (Lipinski definition) is 4. The highest BCUT2D eigenvalue weighted by Crippen LogP contribution is 2.36. The first-order chi connectivity index (χ1) is 14.2. The van der Waals surface area contributed by atoms with E-state index in [1.54, 1.807) is 12.4 Å². The van der Waals surface area contributed by atoms with Gasteiger partial charge < -0.3 is 19.9 Å². The molecule has 2 aliphatic rings. The second kappa shape index (κ2) is 8.78. The second-order valence-corrected chi connectivity index (χ2v) is 8.09. The van der Waals surface area contributed by atoms with Crippen LogP contribution in [0, 0.1) is 11.3 Å². The molecule has 1 aromatic carbocycles. The number of aromatic amines is 1. The Balaban J connectivity index is 1.36.